The van der Waals surface area contributed by atoms with Crippen LogP contribution in [-0.4, -0.2) is 34.5 Å². The van der Waals surface area contributed by atoms with Crippen molar-refractivity contribution >= 4 is 23.3 Å². The van der Waals surface area contributed by atoms with E-state index in [2.05, 4.69) is 47.9 Å². The molecule has 1 atom stereocenters. The van der Waals surface area contributed by atoms with E-state index in [1.165, 1.54) is 0 Å². The molecule has 1 aromatic heterocycles. The topological polar surface area (TPSA) is 58.1 Å². The Morgan fingerprint density at radius 3 is 2.86 bits per heavy atom. The molecule has 22 heavy (non-hydrogen) atoms. The van der Waals surface area contributed by atoms with Gasteiger partial charge in [-0.1, -0.05) is 13.8 Å². The number of piperidine rings is 1. The Labute approximate surface area is 137 Å². The maximum atomic E-state index is 12.6. The number of hydrogen-bond acceptors (Lipinski definition) is 4. The maximum Gasteiger partial charge on any atom is 0.225 e. The van der Waals surface area contributed by atoms with Crippen LogP contribution in [0.2, 0.25) is 5.28 Å². The van der Waals surface area contributed by atoms with Crippen molar-refractivity contribution in [2.75, 3.05) is 18.0 Å². The average Bonchev–Trinajstić information content (AvgIpc) is 2.47. The van der Waals surface area contributed by atoms with Crippen LogP contribution in [0.15, 0.2) is 12.3 Å². The van der Waals surface area contributed by atoms with Crippen molar-refractivity contribution in [1.29, 1.82) is 0 Å². The fourth-order valence-electron chi connectivity index (χ4n) is 2.47. The lowest BCUT2D eigenvalue weighted by atomic mass is 9.89. The van der Waals surface area contributed by atoms with E-state index in [4.69, 9.17) is 11.6 Å². The number of nitrogens with zero attached hydrogens (tertiary/aromatic N) is 3. The monoisotopic (exact) mass is 324 g/mol. The molecule has 1 saturated heterocycles. The van der Waals surface area contributed by atoms with Gasteiger partial charge < -0.3 is 10.2 Å². The van der Waals surface area contributed by atoms with Crippen LogP contribution in [0.3, 0.4) is 0 Å². The fourth-order valence-corrected chi connectivity index (χ4v) is 2.61. The van der Waals surface area contributed by atoms with Gasteiger partial charge in [-0.25, -0.2) is 9.97 Å². The summed E-state index contributed by atoms with van der Waals surface area (Å²) in [7, 11) is 0. The molecule has 1 amide bonds. The molecule has 0 bridgehead atoms. The molecule has 1 N–H and O–H groups in total. The van der Waals surface area contributed by atoms with Gasteiger partial charge in [-0.2, -0.15) is 0 Å². The average molecular weight is 325 g/mol. The molecule has 0 aliphatic carbocycles. The van der Waals surface area contributed by atoms with E-state index in [1.807, 2.05) is 6.07 Å². The molecule has 0 saturated carbocycles. The summed E-state index contributed by atoms with van der Waals surface area (Å²) in [5, 5.41) is 3.43. The SMILES string of the molecule is CC(C)C(C)(C)NC(=O)C1CCCN(c2ccnc(Cl)n2)C1. The molecule has 1 aromatic rings. The van der Waals surface area contributed by atoms with Gasteiger partial charge in [0.25, 0.3) is 0 Å². The van der Waals surface area contributed by atoms with Crippen LogP contribution < -0.4 is 10.2 Å². The first-order valence-electron chi connectivity index (χ1n) is 7.85. The van der Waals surface area contributed by atoms with Crippen LogP contribution in [0.5, 0.6) is 0 Å². The Hall–Kier alpha value is -1.36. The number of carbonyl (C=O) groups is 1. The summed E-state index contributed by atoms with van der Waals surface area (Å²) in [5.74, 6) is 1.29. The molecule has 0 spiro atoms. The number of hydrogen-bond donors (Lipinski definition) is 1. The first-order valence-corrected chi connectivity index (χ1v) is 8.23. The molecule has 2 heterocycles. The Morgan fingerprint density at radius 1 is 1.50 bits per heavy atom. The Morgan fingerprint density at radius 2 is 2.23 bits per heavy atom. The summed E-state index contributed by atoms with van der Waals surface area (Å²) in [6.07, 6.45) is 3.54. The summed E-state index contributed by atoms with van der Waals surface area (Å²) in [6.45, 7) is 9.95. The highest BCUT2D eigenvalue weighted by molar-refractivity contribution is 6.28. The van der Waals surface area contributed by atoms with Crippen molar-refractivity contribution in [1.82, 2.24) is 15.3 Å². The van der Waals surface area contributed by atoms with E-state index in [1.54, 1.807) is 6.20 Å². The van der Waals surface area contributed by atoms with E-state index in [-0.39, 0.29) is 22.6 Å². The first kappa shape index (κ1) is 17.0. The second-order valence-electron chi connectivity index (χ2n) is 6.83. The third-order valence-corrected chi connectivity index (χ3v) is 4.80. The highest BCUT2D eigenvalue weighted by Crippen LogP contribution is 2.24. The smallest absolute Gasteiger partial charge is 0.225 e. The van der Waals surface area contributed by atoms with Crippen LogP contribution in [0.25, 0.3) is 0 Å². The van der Waals surface area contributed by atoms with Gasteiger partial charge in [0.2, 0.25) is 11.2 Å². The zero-order chi connectivity index (χ0) is 16.3. The molecule has 0 radical (unpaired) electrons. The van der Waals surface area contributed by atoms with E-state index in [0.29, 0.717) is 12.5 Å². The fraction of sp³-hybridized carbons (Fsp3) is 0.688. The van der Waals surface area contributed by atoms with E-state index < -0.39 is 0 Å². The largest absolute Gasteiger partial charge is 0.356 e. The van der Waals surface area contributed by atoms with Crippen LogP contribution in [-0.2, 0) is 4.79 Å². The zero-order valence-electron chi connectivity index (χ0n) is 13.8. The van der Waals surface area contributed by atoms with Gasteiger partial charge in [-0.05, 0) is 50.3 Å². The predicted molar refractivity (Wildman–Crippen MR) is 89.0 cm³/mol. The summed E-state index contributed by atoms with van der Waals surface area (Å²) in [4.78, 5) is 22.8. The number of rotatable bonds is 4. The Kier molecular flexibility index (Phi) is 5.27. The quantitative estimate of drug-likeness (QED) is 0.865. The number of amides is 1. The second kappa shape index (κ2) is 6.82. The maximum absolute atomic E-state index is 12.6. The minimum atomic E-state index is -0.197. The van der Waals surface area contributed by atoms with Gasteiger partial charge >= 0.3 is 0 Å². The molecule has 6 heteroatoms. The van der Waals surface area contributed by atoms with Crippen molar-refractivity contribution in [2.24, 2.45) is 11.8 Å². The third-order valence-electron chi connectivity index (χ3n) is 4.62. The van der Waals surface area contributed by atoms with E-state index in [9.17, 15) is 4.79 Å². The third kappa shape index (κ3) is 4.09. The van der Waals surface area contributed by atoms with Crippen molar-refractivity contribution in [3.63, 3.8) is 0 Å². The molecular formula is C16H25ClN4O. The molecule has 0 aromatic carbocycles. The van der Waals surface area contributed by atoms with Gasteiger partial charge in [0.1, 0.15) is 5.82 Å². The summed E-state index contributed by atoms with van der Waals surface area (Å²) in [5.41, 5.74) is -0.197. The van der Waals surface area contributed by atoms with E-state index in [0.717, 1.165) is 25.2 Å². The highest BCUT2D eigenvalue weighted by atomic mass is 35.5. The molecule has 1 aliphatic rings. The molecule has 1 aliphatic heterocycles. The Bertz CT molecular complexity index is 533. The number of nitrogens with one attached hydrogen (secondary N) is 1. The van der Waals surface area contributed by atoms with Crippen LogP contribution in [0.4, 0.5) is 5.82 Å². The standard InChI is InChI=1S/C16H25ClN4O/c1-11(2)16(3,4)20-14(22)12-6-5-9-21(10-12)13-7-8-18-15(17)19-13/h7-8,11-12H,5-6,9-10H2,1-4H3,(H,20,22). The number of anilines is 1. The summed E-state index contributed by atoms with van der Waals surface area (Å²) >= 11 is 5.86. The van der Waals surface area contributed by atoms with Gasteiger partial charge in [0, 0.05) is 24.8 Å². The molecular weight excluding hydrogens is 300 g/mol. The highest BCUT2D eigenvalue weighted by Gasteiger charge is 2.31. The number of carbonyl (C=O) groups excluding carboxylic acids is 1. The second-order valence-corrected chi connectivity index (χ2v) is 7.17. The lowest BCUT2D eigenvalue weighted by Gasteiger charge is -2.36. The van der Waals surface area contributed by atoms with Gasteiger partial charge in [0.05, 0.1) is 5.92 Å². The lowest BCUT2D eigenvalue weighted by Crippen LogP contribution is -2.52. The minimum absolute atomic E-state index is 0.0134. The predicted octanol–water partition coefficient (Wildman–Crippen LogP) is 2.90. The molecule has 1 fully saturated rings. The Balaban J connectivity index is 2.03. The lowest BCUT2D eigenvalue weighted by molar-refractivity contribution is -0.127. The number of aromatic nitrogens is 2. The van der Waals surface area contributed by atoms with Crippen LogP contribution >= 0.6 is 11.6 Å². The van der Waals surface area contributed by atoms with Crippen LogP contribution in [0, 0.1) is 11.8 Å². The van der Waals surface area contributed by atoms with Gasteiger partial charge in [-0.3, -0.25) is 4.79 Å². The zero-order valence-corrected chi connectivity index (χ0v) is 14.5. The summed E-state index contributed by atoms with van der Waals surface area (Å²) < 4.78 is 0. The van der Waals surface area contributed by atoms with Gasteiger partial charge in [-0.15, -0.1) is 0 Å². The minimum Gasteiger partial charge on any atom is -0.356 e. The number of halogens is 1. The normalized spacial score (nSPS) is 19.4. The summed E-state index contributed by atoms with van der Waals surface area (Å²) in [6, 6.07) is 1.84. The van der Waals surface area contributed by atoms with Crippen molar-refractivity contribution in [3.8, 4) is 0 Å². The molecule has 1 unspecified atom stereocenters. The van der Waals surface area contributed by atoms with Crippen molar-refractivity contribution in [2.45, 2.75) is 46.1 Å². The van der Waals surface area contributed by atoms with Crippen molar-refractivity contribution in [3.05, 3.63) is 17.5 Å². The molecule has 2 rings (SSSR count). The first-order chi connectivity index (χ1) is 10.3. The van der Waals surface area contributed by atoms with E-state index >= 15 is 0 Å². The van der Waals surface area contributed by atoms with Crippen molar-refractivity contribution < 1.29 is 4.79 Å². The molecule has 122 valence electrons. The molecule has 5 nitrogen and oxygen atoms in total. The van der Waals surface area contributed by atoms with Gasteiger partial charge in [0.15, 0.2) is 0 Å². The van der Waals surface area contributed by atoms with Crippen LogP contribution in [0.1, 0.15) is 40.5 Å².